The maximum Gasteiger partial charge on any atom is 0.0832 e. The zero-order valence-electron chi connectivity index (χ0n) is 10.00. The molecule has 0 amide bonds. The first kappa shape index (κ1) is 12.3. The molecule has 86 valence electrons. The molecule has 0 spiro atoms. The lowest BCUT2D eigenvalue weighted by Crippen LogP contribution is -2.07. The number of aliphatic hydroxyl groups is 1. The summed E-state index contributed by atoms with van der Waals surface area (Å²) in [6, 6.07) is 4.22. The summed E-state index contributed by atoms with van der Waals surface area (Å²) in [5.41, 5.74) is 2.45. The van der Waals surface area contributed by atoms with E-state index in [0.717, 1.165) is 18.7 Å². The van der Waals surface area contributed by atoms with Gasteiger partial charge in [-0.15, -0.1) is 0 Å². The van der Waals surface area contributed by atoms with Gasteiger partial charge in [-0.05, 0) is 31.4 Å². The van der Waals surface area contributed by atoms with E-state index in [1.807, 2.05) is 0 Å². The standard InChI is InChI=1S/C13H23NO/c1-3-5-7-12-8-9-13(11-15)14(12)10-6-4-2/h8-9,15H,3-7,10-11H2,1-2H3. The van der Waals surface area contributed by atoms with Crippen molar-refractivity contribution in [2.24, 2.45) is 0 Å². The molecular formula is C13H23NO. The molecule has 1 N–H and O–H groups in total. The molecule has 0 fully saturated rings. The van der Waals surface area contributed by atoms with Gasteiger partial charge in [-0.25, -0.2) is 0 Å². The van der Waals surface area contributed by atoms with Crippen molar-refractivity contribution < 1.29 is 5.11 Å². The molecule has 2 heteroatoms. The van der Waals surface area contributed by atoms with Gasteiger partial charge >= 0.3 is 0 Å². The number of unbranched alkanes of at least 4 members (excludes halogenated alkanes) is 2. The third kappa shape index (κ3) is 3.38. The molecule has 2 nitrogen and oxygen atoms in total. The van der Waals surface area contributed by atoms with E-state index in [4.69, 9.17) is 0 Å². The number of hydrogen-bond donors (Lipinski definition) is 1. The first-order valence-corrected chi connectivity index (χ1v) is 6.11. The predicted molar refractivity (Wildman–Crippen MR) is 63.9 cm³/mol. The van der Waals surface area contributed by atoms with Gasteiger partial charge in [-0.1, -0.05) is 26.7 Å². The lowest BCUT2D eigenvalue weighted by atomic mass is 10.2. The van der Waals surface area contributed by atoms with Crippen LogP contribution in [0.2, 0.25) is 0 Å². The smallest absolute Gasteiger partial charge is 0.0832 e. The molecule has 0 aromatic carbocycles. The Kier molecular flexibility index (Phi) is 5.48. The summed E-state index contributed by atoms with van der Waals surface area (Å²) in [6.45, 7) is 5.63. The number of aliphatic hydroxyl groups excluding tert-OH is 1. The summed E-state index contributed by atoms with van der Waals surface area (Å²) in [6.07, 6.45) is 6.01. The summed E-state index contributed by atoms with van der Waals surface area (Å²) in [7, 11) is 0. The van der Waals surface area contributed by atoms with Gasteiger partial charge in [0, 0.05) is 17.9 Å². The van der Waals surface area contributed by atoms with Crippen LogP contribution >= 0.6 is 0 Å². The van der Waals surface area contributed by atoms with Gasteiger partial charge in [0.05, 0.1) is 6.61 Å². The number of nitrogens with zero attached hydrogens (tertiary/aromatic N) is 1. The quantitative estimate of drug-likeness (QED) is 0.733. The molecule has 1 aromatic rings. The predicted octanol–water partition coefficient (Wildman–Crippen LogP) is 3.12. The fraction of sp³-hybridized carbons (Fsp3) is 0.692. The summed E-state index contributed by atoms with van der Waals surface area (Å²) < 4.78 is 2.29. The van der Waals surface area contributed by atoms with E-state index in [9.17, 15) is 5.11 Å². The van der Waals surface area contributed by atoms with Crippen molar-refractivity contribution in [1.82, 2.24) is 4.57 Å². The van der Waals surface area contributed by atoms with Gasteiger partial charge < -0.3 is 9.67 Å². The molecule has 1 rings (SSSR count). The van der Waals surface area contributed by atoms with Crippen molar-refractivity contribution in [1.29, 1.82) is 0 Å². The lowest BCUT2D eigenvalue weighted by molar-refractivity contribution is 0.269. The molecule has 0 radical (unpaired) electrons. The van der Waals surface area contributed by atoms with E-state index in [1.54, 1.807) is 0 Å². The van der Waals surface area contributed by atoms with Gasteiger partial charge in [0.1, 0.15) is 0 Å². The molecule has 15 heavy (non-hydrogen) atoms. The van der Waals surface area contributed by atoms with E-state index in [-0.39, 0.29) is 6.61 Å². The highest BCUT2D eigenvalue weighted by atomic mass is 16.3. The van der Waals surface area contributed by atoms with E-state index in [2.05, 4.69) is 30.5 Å². The molecule has 0 atom stereocenters. The van der Waals surface area contributed by atoms with Crippen LogP contribution in [-0.2, 0) is 19.6 Å². The molecular weight excluding hydrogens is 186 g/mol. The number of hydrogen-bond acceptors (Lipinski definition) is 1. The van der Waals surface area contributed by atoms with Gasteiger partial charge in [0.2, 0.25) is 0 Å². The molecule has 0 unspecified atom stereocenters. The minimum absolute atomic E-state index is 0.163. The second-order valence-electron chi connectivity index (χ2n) is 4.08. The van der Waals surface area contributed by atoms with Crippen LogP contribution in [0.1, 0.15) is 50.9 Å². The molecule has 0 aliphatic carbocycles. The maximum absolute atomic E-state index is 9.24. The second kappa shape index (κ2) is 6.67. The first-order chi connectivity index (χ1) is 7.33. The van der Waals surface area contributed by atoms with E-state index >= 15 is 0 Å². The first-order valence-electron chi connectivity index (χ1n) is 6.11. The van der Waals surface area contributed by atoms with Crippen molar-refractivity contribution in [3.8, 4) is 0 Å². The molecule has 0 aliphatic rings. The van der Waals surface area contributed by atoms with Crippen LogP contribution < -0.4 is 0 Å². The Labute approximate surface area is 92.9 Å². The summed E-state index contributed by atoms with van der Waals surface area (Å²) in [4.78, 5) is 0. The lowest BCUT2D eigenvalue weighted by Gasteiger charge is -2.11. The molecule has 0 aliphatic heterocycles. The maximum atomic E-state index is 9.24. The zero-order chi connectivity index (χ0) is 11.1. The van der Waals surface area contributed by atoms with Crippen LogP contribution in [0, 0.1) is 0 Å². The monoisotopic (exact) mass is 209 g/mol. The van der Waals surface area contributed by atoms with Crippen LogP contribution in [0.3, 0.4) is 0 Å². The minimum Gasteiger partial charge on any atom is -0.390 e. The van der Waals surface area contributed by atoms with Gasteiger partial charge in [0.25, 0.3) is 0 Å². The van der Waals surface area contributed by atoms with Crippen LogP contribution in [0.15, 0.2) is 12.1 Å². The van der Waals surface area contributed by atoms with Crippen LogP contribution in [0.5, 0.6) is 0 Å². The summed E-state index contributed by atoms with van der Waals surface area (Å²) >= 11 is 0. The fourth-order valence-corrected chi connectivity index (χ4v) is 1.87. The van der Waals surface area contributed by atoms with Crippen molar-refractivity contribution in [2.45, 2.75) is 59.1 Å². The van der Waals surface area contributed by atoms with Crippen molar-refractivity contribution in [3.63, 3.8) is 0 Å². The summed E-state index contributed by atoms with van der Waals surface area (Å²) in [5.74, 6) is 0. The molecule has 0 saturated heterocycles. The Morgan fingerprint density at radius 2 is 1.73 bits per heavy atom. The zero-order valence-corrected chi connectivity index (χ0v) is 10.00. The Bertz CT molecular complexity index is 278. The molecule has 0 saturated carbocycles. The number of aryl methyl sites for hydroxylation is 1. The second-order valence-corrected chi connectivity index (χ2v) is 4.08. The third-order valence-corrected chi connectivity index (χ3v) is 2.85. The Hall–Kier alpha value is -0.760. The van der Waals surface area contributed by atoms with Gasteiger partial charge in [-0.2, -0.15) is 0 Å². The van der Waals surface area contributed by atoms with Crippen LogP contribution in [-0.4, -0.2) is 9.67 Å². The Morgan fingerprint density at radius 3 is 2.33 bits per heavy atom. The molecule has 0 bridgehead atoms. The average Bonchev–Trinajstić information content (AvgIpc) is 2.65. The highest BCUT2D eigenvalue weighted by molar-refractivity contribution is 5.16. The van der Waals surface area contributed by atoms with E-state index in [0.29, 0.717) is 0 Å². The van der Waals surface area contributed by atoms with E-state index in [1.165, 1.54) is 31.4 Å². The highest BCUT2D eigenvalue weighted by Gasteiger charge is 2.06. The number of aromatic nitrogens is 1. The van der Waals surface area contributed by atoms with Crippen LogP contribution in [0.25, 0.3) is 0 Å². The normalized spacial score (nSPS) is 10.9. The largest absolute Gasteiger partial charge is 0.390 e. The third-order valence-electron chi connectivity index (χ3n) is 2.85. The fourth-order valence-electron chi connectivity index (χ4n) is 1.87. The summed E-state index contributed by atoms with van der Waals surface area (Å²) in [5, 5.41) is 9.24. The van der Waals surface area contributed by atoms with Crippen molar-refractivity contribution in [3.05, 3.63) is 23.5 Å². The topological polar surface area (TPSA) is 25.2 Å². The SMILES string of the molecule is CCCCc1ccc(CO)n1CCCC. The number of rotatable bonds is 7. The van der Waals surface area contributed by atoms with Gasteiger partial charge in [-0.3, -0.25) is 0 Å². The molecule has 1 heterocycles. The highest BCUT2D eigenvalue weighted by Crippen LogP contribution is 2.13. The Balaban J connectivity index is 2.70. The van der Waals surface area contributed by atoms with Gasteiger partial charge in [0.15, 0.2) is 0 Å². The average molecular weight is 209 g/mol. The minimum atomic E-state index is 0.163. The molecule has 1 aromatic heterocycles. The van der Waals surface area contributed by atoms with E-state index < -0.39 is 0 Å². The van der Waals surface area contributed by atoms with Crippen LogP contribution in [0.4, 0.5) is 0 Å². The Morgan fingerprint density at radius 1 is 1.07 bits per heavy atom. The van der Waals surface area contributed by atoms with Crippen molar-refractivity contribution in [2.75, 3.05) is 0 Å². The van der Waals surface area contributed by atoms with Crippen molar-refractivity contribution >= 4 is 0 Å².